The maximum atomic E-state index is 12.1. The van der Waals surface area contributed by atoms with Gasteiger partial charge in [-0.2, -0.15) is 0 Å². The minimum absolute atomic E-state index is 0.0421. The summed E-state index contributed by atoms with van der Waals surface area (Å²) >= 11 is 0. The molecule has 0 saturated carbocycles. The Bertz CT molecular complexity index is 542. The molecule has 1 aromatic heterocycles. The molecule has 4 rings (SSSR count). The number of carbonyl (C=O) groups excluding carboxylic acids is 1. The monoisotopic (exact) mass is 348 g/mol. The molecule has 3 fully saturated rings. The van der Waals surface area contributed by atoms with Crippen molar-refractivity contribution in [2.45, 2.75) is 44.4 Å². The Hall–Kier alpha value is -1.37. The van der Waals surface area contributed by atoms with E-state index in [0.29, 0.717) is 25.0 Å². The third-order valence-electron chi connectivity index (χ3n) is 5.70. The van der Waals surface area contributed by atoms with Crippen LogP contribution in [0.3, 0.4) is 0 Å². The summed E-state index contributed by atoms with van der Waals surface area (Å²) in [6.45, 7) is 5.59. The van der Waals surface area contributed by atoms with Crippen LogP contribution in [0.5, 0.6) is 0 Å². The van der Waals surface area contributed by atoms with Crippen molar-refractivity contribution in [3.63, 3.8) is 0 Å². The van der Waals surface area contributed by atoms with Gasteiger partial charge in [0.2, 0.25) is 5.91 Å². The molecule has 0 spiro atoms. The van der Waals surface area contributed by atoms with Crippen LogP contribution in [0.4, 0.5) is 0 Å². The van der Waals surface area contributed by atoms with Crippen molar-refractivity contribution >= 4 is 5.91 Å². The second-order valence-electron chi connectivity index (χ2n) is 7.63. The first-order valence-electron chi connectivity index (χ1n) is 9.51. The van der Waals surface area contributed by atoms with Gasteiger partial charge < -0.3 is 24.1 Å². The second kappa shape index (κ2) is 7.89. The Kier molecular flexibility index (Phi) is 5.39. The van der Waals surface area contributed by atoms with Crippen molar-refractivity contribution in [2.24, 2.45) is 11.8 Å². The molecule has 1 amide bonds. The van der Waals surface area contributed by atoms with Crippen LogP contribution < -0.4 is 5.32 Å². The van der Waals surface area contributed by atoms with Gasteiger partial charge >= 0.3 is 0 Å². The Morgan fingerprint density at radius 3 is 2.92 bits per heavy atom. The molecule has 0 unspecified atom stereocenters. The number of nitrogens with zero attached hydrogens (tertiary/aromatic N) is 1. The molecule has 3 saturated heterocycles. The molecule has 0 aliphatic carbocycles. The summed E-state index contributed by atoms with van der Waals surface area (Å²) in [5.41, 5.74) is 0. The zero-order chi connectivity index (χ0) is 17.1. The van der Waals surface area contributed by atoms with E-state index >= 15 is 0 Å². The van der Waals surface area contributed by atoms with E-state index in [9.17, 15) is 4.79 Å². The number of furan rings is 1. The molecule has 4 heterocycles. The van der Waals surface area contributed by atoms with Gasteiger partial charge in [0.1, 0.15) is 5.76 Å². The number of rotatable bonds is 6. The van der Waals surface area contributed by atoms with Gasteiger partial charge in [-0.3, -0.25) is 4.79 Å². The predicted molar refractivity (Wildman–Crippen MR) is 91.9 cm³/mol. The summed E-state index contributed by atoms with van der Waals surface area (Å²) < 4.78 is 16.8. The second-order valence-corrected chi connectivity index (χ2v) is 7.63. The average molecular weight is 348 g/mol. The maximum Gasteiger partial charge on any atom is 0.222 e. The largest absolute Gasteiger partial charge is 0.467 e. The van der Waals surface area contributed by atoms with Gasteiger partial charge in [0.25, 0.3) is 0 Å². The zero-order valence-electron chi connectivity index (χ0n) is 14.7. The fourth-order valence-electron chi connectivity index (χ4n) is 4.40. The average Bonchev–Trinajstić information content (AvgIpc) is 3.30. The first-order chi connectivity index (χ1) is 12.3. The lowest BCUT2D eigenvalue weighted by atomic mass is 9.99. The molecule has 0 radical (unpaired) electrons. The lowest BCUT2D eigenvalue weighted by Crippen LogP contribution is -2.33. The zero-order valence-corrected chi connectivity index (χ0v) is 14.7. The van der Waals surface area contributed by atoms with Gasteiger partial charge in [0.05, 0.1) is 31.4 Å². The number of carbonyl (C=O) groups is 1. The number of nitrogens with one attached hydrogen (secondary N) is 1. The van der Waals surface area contributed by atoms with Crippen LogP contribution in [-0.4, -0.2) is 55.9 Å². The minimum Gasteiger partial charge on any atom is -0.467 e. The molecule has 138 valence electrons. The van der Waals surface area contributed by atoms with Crippen molar-refractivity contribution in [2.75, 3.05) is 32.8 Å². The Morgan fingerprint density at radius 2 is 2.16 bits per heavy atom. The third-order valence-corrected chi connectivity index (χ3v) is 5.70. The molecule has 3 aliphatic heterocycles. The highest BCUT2D eigenvalue weighted by molar-refractivity contribution is 5.76. The summed E-state index contributed by atoms with van der Waals surface area (Å²) in [7, 11) is 0. The maximum absolute atomic E-state index is 12.1. The Balaban J connectivity index is 1.17. The van der Waals surface area contributed by atoms with Gasteiger partial charge in [-0.15, -0.1) is 0 Å². The molecule has 3 aliphatic rings. The van der Waals surface area contributed by atoms with E-state index in [1.807, 2.05) is 12.1 Å². The minimum atomic E-state index is 0.0421. The van der Waals surface area contributed by atoms with Gasteiger partial charge in [-0.1, -0.05) is 0 Å². The van der Waals surface area contributed by atoms with Crippen LogP contribution in [0, 0.1) is 11.8 Å². The first-order valence-corrected chi connectivity index (χ1v) is 9.51. The topological polar surface area (TPSA) is 63.9 Å². The number of fused-ring (bicyclic) bond motifs is 1. The molecule has 0 bridgehead atoms. The lowest BCUT2D eigenvalue weighted by Gasteiger charge is -2.27. The van der Waals surface area contributed by atoms with E-state index in [2.05, 4.69) is 10.2 Å². The molecule has 3 atom stereocenters. The molecule has 1 N–H and O–H groups in total. The van der Waals surface area contributed by atoms with Gasteiger partial charge in [-0.25, -0.2) is 0 Å². The van der Waals surface area contributed by atoms with Crippen LogP contribution in [0.2, 0.25) is 0 Å². The normalized spacial score (nSPS) is 30.5. The predicted octanol–water partition coefficient (Wildman–Crippen LogP) is 1.80. The summed E-state index contributed by atoms with van der Waals surface area (Å²) in [5.74, 6) is 2.18. The molecular weight excluding hydrogens is 320 g/mol. The number of ether oxygens (including phenoxy) is 2. The van der Waals surface area contributed by atoms with Crippen LogP contribution in [-0.2, 0) is 20.8 Å². The van der Waals surface area contributed by atoms with E-state index in [4.69, 9.17) is 13.9 Å². The van der Waals surface area contributed by atoms with E-state index in [1.54, 1.807) is 6.26 Å². The Morgan fingerprint density at radius 1 is 1.28 bits per heavy atom. The van der Waals surface area contributed by atoms with E-state index in [0.717, 1.165) is 44.4 Å². The SMILES string of the molecule is O=C(C[C@@H]1C[C@@H]2CN(CC3CCOCC3)C[C@@H]2O1)NCc1ccco1. The van der Waals surface area contributed by atoms with Crippen molar-refractivity contribution in [3.05, 3.63) is 24.2 Å². The fraction of sp³-hybridized carbons (Fsp3) is 0.737. The molecule has 1 aromatic rings. The van der Waals surface area contributed by atoms with Crippen LogP contribution in [0.1, 0.15) is 31.4 Å². The lowest BCUT2D eigenvalue weighted by molar-refractivity contribution is -0.124. The van der Waals surface area contributed by atoms with Gasteiger partial charge in [-0.05, 0) is 37.3 Å². The van der Waals surface area contributed by atoms with Crippen molar-refractivity contribution in [1.29, 1.82) is 0 Å². The molecule has 0 aromatic carbocycles. The number of hydrogen-bond acceptors (Lipinski definition) is 5. The van der Waals surface area contributed by atoms with Gasteiger partial charge in [0.15, 0.2) is 0 Å². The van der Waals surface area contributed by atoms with Crippen molar-refractivity contribution < 1.29 is 18.7 Å². The third kappa shape index (κ3) is 4.43. The van der Waals surface area contributed by atoms with E-state index in [1.165, 1.54) is 19.4 Å². The van der Waals surface area contributed by atoms with Crippen LogP contribution >= 0.6 is 0 Å². The highest BCUT2D eigenvalue weighted by Crippen LogP contribution is 2.35. The number of amides is 1. The molecule has 6 heteroatoms. The highest BCUT2D eigenvalue weighted by Gasteiger charge is 2.42. The molecule has 25 heavy (non-hydrogen) atoms. The van der Waals surface area contributed by atoms with Crippen LogP contribution in [0.25, 0.3) is 0 Å². The Labute approximate surface area is 148 Å². The fourth-order valence-corrected chi connectivity index (χ4v) is 4.40. The van der Waals surface area contributed by atoms with Crippen molar-refractivity contribution in [3.8, 4) is 0 Å². The van der Waals surface area contributed by atoms with Crippen LogP contribution in [0.15, 0.2) is 22.8 Å². The quantitative estimate of drug-likeness (QED) is 0.849. The summed E-state index contributed by atoms with van der Waals surface area (Å²) in [6.07, 6.45) is 5.82. The summed E-state index contributed by atoms with van der Waals surface area (Å²) in [4.78, 5) is 14.6. The van der Waals surface area contributed by atoms with Gasteiger partial charge in [0, 0.05) is 38.8 Å². The van der Waals surface area contributed by atoms with E-state index in [-0.39, 0.29) is 12.0 Å². The van der Waals surface area contributed by atoms with E-state index < -0.39 is 0 Å². The smallest absolute Gasteiger partial charge is 0.222 e. The first kappa shape index (κ1) is 17.1. The standard InChI is InChI=1S/C19H28N2O4/c22-19(20-10-16-2-1-5-24-16)9-17-8-15-12-21(13-18(15)25-17)11-14-3-6-23-7-4-14/h1-2,5,14-15,17-18H,3-4,6-13H2,(H,20,22)/t15-,17+,18+/m1/s1. The number of hydrogen-bond donors (Lipinski definition) is 1. The number of likely N-dealkylation sites (tertiary alicyclic amines) is 1. The summed E-state index contributed by atoms with van der Waals surface area (Å²) in [5, 5.41) is 2.91. The van der Waals surface area contributed by atoms with Crippen molar-refractivity contribution in [1.82, 2.24) is 10.2 Å². The highest BCUT2D eigenvalue weighted by atomic mass is 16.5. The molecular formula is C19H28N2O4. The molecule has 6 nitrogen and oxygen atoms in total. The summed E-state index contributed by atoms with van der Waals surface area (Å²) in [6, 6.07) is 3.69.